The van der Waals surface area contributed by atoms with Gasteiger partial charge < -0.3 is 5.32 Å². The fourth-order valence-corrected chi connectivity index (χ4v) is 4.60. The van der Waals surface area contributed by atoms with Crippen molar-refractivity contribution in [2.75, 3.05) is 5.32 Å². The number of allylic oxidation sites excluding steroid dienone is 1. The Balaban J connectivity index is 1.66. The highest BCUT2D eigenvalue weighted by Gasteiger charge is 2.31. The average Bonchev–Trinajstić information content (AvgIpc) is 3.13. The van der Waals surface area contributed by atoms with Gasteiger partial charge in [-0.3, -0.25) is 4.99 Å². The van der Waals surface area contributed by atoms with E-state index < -0.39 is 23.5 Å². The molecule has 1 aromatic heterocycles. The molecule has 2 aromatic carbocycles. The van der Waals surface area contributed by atoms with E-state index in [1.54, 1.807) is 17.6 Å². The average molecular weight is 480 g/mol. The number of aliphatic imine (C=N–C) groups is 1. The molecule has 0 radical (unpaired) electrons. The van der Waals surface area contributed by atoms with Crippen molar-refractivity contribution >= 4 is 34.6 Å². The summed E-state index contributed by atoms with van der Waals surface area (Å²) in [6.45, 7) is 1.98. The molecule has 1 aliphatic carbocycles. The Morgan fingerprint density at radius 1 is 0.848 bits per heavy atom. The summed E-state index contributed by atoms with van der Waals surface area (Å²) in [5, 5.41) is 3.22. The lowest BCUT2D eigenvalue weighted by molar-refractivity contribution is -0.138. The van der Waals surface area contributed by atoms with E-state index in [9.17, 15) is 26.3 Å². The number of rotatable bonds is 4. The number of hydrogen-bond donors (Lipinski definition) is 1. The second kappa shape index (κ2) is 8.70. The maximum absolute atomic E-state index is 12.9. The standard InChI is InChI=1S/C24H18F6N2S/c1-14-12-20-21(33-14)11-2-15(13-31-18-7-3-16(4-8-18)23(25,26)27)22(20)32-19-9-5-17(6-10-19)24(28,29)30/h3-10,12-13,32H,2,11H2,1H3. The van der Waals surface area contributed by atoms with Crippen molar-refractivity contribution in [3.05, 3.63) is 86.6 Å². The minimum atomic E-state index is -4.42. The Morgan fingerprint density at radius 2 is 1.42 bits per heavy atom. The normalized spacial score (nSPS) is 14.6. The monoisotopic (exact) mass is 480 g/mol. The summed E-state index contributed by atoms with van der Waals surface area (Å²) in [6, 6.07) is 11.3. The first-order chi connectivity index (χ1) is 15.5. The van der Waals surface area contributed by atoms with Crippen molar-refractivity contribution in [1.82, 2.24) is 0 Å². The van der Waals surface area contributed by atoms with E-state index in [4.69, 9.17) is 0 Å². The number of aryl methyl sites for hydroxylation is 2. The Morgan fingerprint density at radius 3 is 2.00 bits per heavy atom. The summed E-state index contributed by atoms with van der Waals surface area (Å²) >= 11 is 1.66. The maximum atomic E-state index is 12.9. The summed E-state index contributed by atoms with van der Waals surface area (Å²) in [5.74, 6) is 0. The van der Waals surface area contributed by atoms with E-state index in [1.807, 2.05) is 13.0 Å². The molecule has 2 nitrogen and oxygen atoms in total. The van der Waals surface area contributed by atoms with E-state index in [0.717, 1.165) is 57.3 Å². The zero-order valence-corrected chi connectivity index (χ0v) is 18.1. The molecule has 1 N–H and O–H groups in total. The van der Waals surface area contributed by atoms with Crippen LogP contribution in [0, 0.1) is 6.92 Å². The molecule has 0 bridgehead atoms. The van der Waals surface area contributed by atoms with Gasteiger partial charge in [-0.1, -0.05) is 0 Å². The summed E-state index contributed by atoms with van der Waals surface area (Å²) in [7, 11) is 0. The molecular weight excluding hydrogens is 462 g/mol. The first kappa shape index (κ1) is 23.1. The smallest absolute Gasteiger partial charge is 0.355 e. The summed E-state index contributed by atoms with van der Waals surface area (Å²) < 4.78 is 77.0. The lowest BCUT2D eigenvalue weighted by atomic mass is 9.95. The molecule has 33 heavy (non-hydrogen) atoms. The number of hydrogen-bond acceptors (Lipinski definition) is 3. The van der Waals surface area contributed by atoms with Crippen LogP contribution in [0.5, 0.6) is 0 Å². The largest absolute Gasteiger partial charge is 0.416 e. The zero-order valence-electron chi connectivity index (χ0n) is 17.3. The molecule has 0 atom stereocenters. The highest BCUT2D eigenvalue weighted by Crippen LogP contribution is 2.38. The number of alkyl halides is 6. The molecule has 1 aliphatic rings. The van der Waals surface area contributed by atoms with Gasteiger partial charge in [0.15, 0.2) is 0 Å². The van der Waals surface area contributed by atoms with Gasteiger partial charge in [0, 0.05) is 27.2 Å². The van der Waals surface area contributed by atoms with Crippen molar-refractivity contribution in [2.45, 2.75) is 32.1 Å². The van der Waals surface area contributed by atoms with Gasteiger partial charge in [-0.15, -0.1) is 11.3 Å². The second-order valence-electron chi connectivity index (χ2n) is 7.60. The Kier molecular flexibility index (Phi) is 6.09. The van der Waals surface area contributed by atoms with Crippen LogP contribution in [0.2, 0.25) is 0 Å². The van der Waals surface area contributed by atoms with Crippen LogP contribution in [0.15, 0.2) is 65.2 Å². The number of halogens is 6. The molecule has 1 heterocycles. The van der Waals surface area contributed by atoms with Gasteiger partial charge >= 0.3 is 12.4 Å². The SMILES string of the molecule is Cc1cc2c(s1)CCC(C=Nc1ccc(C(F)(F)F)cc1)=C2Nc1ccc(C(F)(F)F)cc1. The summed E-state index contributed by atoms with van der Waals surface area (Å²) in [6.07, 6.45) is -5.81. The number of fused-ring (bicyclic) bond motifs is 1. The molecule has 0 spiro atoms. The number of thiophene rings is 1. The van der Waals surface area contributed by atoms with Crippen molar-refractivity contribution in [3.63, 3.8) is 0 Å². The minimum Gasteiger partial charge on any atom is -0.355 e. The molecule has 0 saturated heterocycles. The van der Waals surface area contributed by atoms with E-state index in [0.29, 0.717) is 17.8 Å². The second-order valence-corrected chi connectivity index (χ2v) is 8.94. The van der Waals surface area contributed by atoms with Crippen LogP contribution >= 0.6 is 11.3 Å². The van der Waals surface area contributed by atoms with Crippen molar-refractivity contribution in [2.24, 2.45) is 4.99 Å². The van der Waals surface area contributed by atoms with Crippen molar-refractivity contribution < 1.29 is 26.3 Å². The number of anilines is 1. The topological polar surface area (TPSA) is 24.4 Å². The van der Waals surface area contributed by atoms with Crippen LogP contribution < -0.4 is 5.32 Å². The van der Waals surface area contributed by atoms with Crippen molar-refractivity contribution in [1.29, 1.82) is 0 Å². The summed E-state index contributed by atoms with van der Waals surface area (Å²) in [5.41, 5.74) is 1.89. The predicted octanol–water partition coefficient (Wildman–Crippen LogP) is 8.27. The van der Waals surface area contributed by atoms with E-state index >= 15 is 0 Å². The molecule has 0 amide bonds. The molecule has 3 aromatic rings. The highest BCUT2D eigenvalue weighted by atomic mass is 32.1. The third-order valence-corrected chi connectivity index (χ3v) is 6.30. The molecule has 0 unspecified atom stereocenters. The third-order valence-electron chi connectivity index (χ3n) is 5.19. The fraction of sp³-hybridized carbons (Fsp3) is 0.208. The molecule has 4 rings (SSSR count). The fourth-order valence-electron chi connectivity index (χ4n) is 3.56. The number of nitrogens with one attached hydrogen (secondary N) is 1. The molecule has 0 saturated carbocycles. The van der Waals surface area contributed by atoms with Gasteiger partial charge in [0.25, 0.3) is 0 Å². The van der Waals surface area contributed by atoms with E-state index in [2.05, 4.69) is 10.3 Å². The van der Waals surface area contributed by atoms with Gasteiger partial charge in [-0.05, 0) is 79.9 Å². The quantitative estimate of drug-likeness (QED) is 0.295. The Bertz CT molecular complexity index is 1200. The first-order valence-electron chi connectivity index (χ1n) is 9.99. The Hall–Kier alpha value is -3.07. The molecule has 9 heteroatoms. The summed E-state index contributed by atoms with van der Waals surface area (Å²) in [4.78, 5) is 6.60. The number of benzene rings is 2. The highest BCUT2D eigenvalue weighted by molar-refractivity contribution is 7.12. The van der Waals surface area contributed by atoms with Gasteiger partial charge in [-0.25, -0.2) is 0 Å². The van der Waals surface area contributed by atoms with Gasteiger partial charge in [0.05, 0.1) is 22.5 Å². The number of nitrogens with zero attached hydrogens (tertiary/aromatic N) is 1. The minimum absolute atomic E-state index is 0.372. The lowest BCUT2D eigenvalue weighted by Gasteiger charge is -2.20. The molecule has 172 valence electrons. The molecule has 0 aliphatic heterocycles. The molecule has 0 fully saturated rings. The van der Waals surface area contributed by atoms with E-state index in [-0.39, 0.29) is 0 Å². The third kappa shape index (κ3) is 5.30. The van der Waals surface area contributed by atoms with Gasteiger partial charge in [0.2, 0.25) is 0 Å². The van der Waals surface area contributed by atoms with E-state index in [1.165, 1.54) is 24.3 Å². The zero-order chi connectivity index (χ0) is 23.8. The molecular formula is C24H18F6N2S. The van der Waals surface area contributed by atoms with Gasteiger partial charge in [0.1, 0.15) is 0 Å². The van der Waals surface area contributed by atoms with Crippen LogP contribution in [0.1, 0.15) is 32.9 Å². The van der Waals surface area contributed by atoms with Gasteiger partial charge in [-0.2, -0.15) is 26.3 Å². The van der Waals surface area contributed by atoms with Crippen LogP contribution in [-0.4, -0.2) is 6.21 Å². The van der Waals surface area contributed by atoms with Crippen molar-refractivity contribution in [3.8, 4) is 0 Å². The van der Waals surface area contributed by atoms with Crippen LogP contribution in [-0.2, 0) is 18.8 Å². The van der Waals surface area contributed by atoms with Crippen LogP contribution in [0.25, 0.3) is 5.70 Å². The lowest BCUT2D eigenvalue weighted by Crippen LogP contribution is -2.11. The first-order valence-corrected chi connectivity index (χ1v) is 10.8. The van der Waals surface area contributed by atoms with Crippen LogP contribution in [0.4, 0.5) is 37.7 Å². The maximum Gasteiger partial charge on any atom is 0.416 e. The Labute approximate surface area is 190 Å². The van der Waals surface area contributed by atoms with Crippen LogP contribution in [0.3, 0.4) is 0 Å². The predicted molar refractivity (Wildman–Crippen MR) is 119 cm³/mol.